The van der Waals surface area contributed by atoms with E-state index in [1.807, 2.05) is 24.0 Å². The maximum absolute atomic E-state index is 12.4. The zero-order valence-electron chi connectivity index (χ0n) is 13.0. The van der Waals surface area contributed by atoms with E-state index < -0.39 is 0 Å². The Balaban J connectivity index is 2.15. The van der Waals surface area contributed by atoms with Gasteiger partial charge in [-0.2, -0.15) is 0 Å². The predicted octanol–water partition coefficient (Wildman–Crippen LogP) is 3.58. The molecule has 0 radical (unpaired) electrons. The molecule has 3 rings (SSSR count). The number of amides is 1. The lowest BCUT2D eigenvalue weighted by atomic mass is 9.87. The third-order valence-electron chi connectivity index (χ3n) is 4.34. The molecule has 1 unspecified atom stereocenters. The standard InChI is InChI=1S/C19H21NO2/c1-3-18(22)20-10-9-14-7-8-16(21)12-17(14)19(20)15-6-4-5-13(2)11-15/h4-8,11-12,19,21H,3,9-10H2,1-2H3. The van der Waals surface area contributed by atoms with Gasteiger partial charge in [-0.25, -0.2) is 0 Å². The molecule has 1 N–H and O–H groups in total. The molecule has 2 aromatic carbocycles. The third kappa shape index (κ3) is 2.59. The summed E-state index contributed by atoms with van der Waals surface area (Å²) in [4.78, 5) is 14.3. The van der Waals surface area contributed by atoms with Crippen molar-refractivity contribution >= 4 is 5.91 Å². The van der Waals surface area contributed by atoms with Crippen LogP contribution in [-0.2, 0) is 11.2 Å². The minimum Gasteiger partial charge on any atom is -0.508 e. The average Bonchev–Trinajstić information content (AvgIpc) is 2.52. The lowest BCUT2D eigenvalue weighted by Gasteiger charge is -2.38. The van der Waals surface area contributed by atoms with Crippen LogP contribution in [0.25, 0.3) is 0 Å². The summed E-state index contributed by atoms with van der Waals surface area (Å²) in [5.41, 5.74) is 4.53. The van der Waals surface area contributed by atoms with Crippen molar-refractivity contribution in [1.82, 2.24) is 4.90 Å². The summed E-state index contributed by atoms with van der Waals surface area (Å²) in [5.74, 6) is 0.405. The second-order valence-electron chi connectivity index (χ2n) is 5.89. The van der Waals surface area contributed by atoms with Crippen LogP contribution in [0.5, 0.6) is 5.75 Å². The first-order chi connectivity index (χ1) is 10.6. The fourth-order valence-electron chi connectivity index (χ4n) is 3.27. The van der Waals surface area contributed by atoms with Gasteiger partial charge in [0.1, 0.15) is 5.75 Å². The number of nitrogens with zero attached hydrogens (tertiary/aromatic N) is 1. The maximum atomic E-state index is 12.4. The molecule has 1 aliphatic heterocycles. The molecule has 1 heterocycles. The van der Waals surface area contributed by atoms with E-state index in [-0.39, 0.29) is 17.7 Å². The summed E-state index contributed by atoms with van der Waals surface area (Å²) >= 11 is 0. The predicted molar refractivity (Wildman–Crippen MR) is 86.8 cm³/mol. The number of hydrogen-bond donors (Lipinski definition) is 1. The number of aromatic hydroxyl groups is 1. The number of hydrogen-bond acceptors (Lipinski definition) is 2. The summed E-state index contributed by atoms with van der Waals surface area (Å²) in [5, 5.41) is 9.89. The van der Waals surface area contributed by atoms with Crippen molar-refractivity contribution in [3.05, 3.63) is 64.7 Å². The summed E-state index contributed by atoms with van der Waals surface area (Å²) in [6.07, 6.45) is 1.33. The zero-order valence-corrected chi connectivity index (χ0v) is 13.0. The number of aryl methyl sites for hydroxylation is 1. The summed E-state index contributed by atoms with van der Waals surface area (Å²) in [6, 6.07) is 13.7. The normalized spacial score (nSPS) is 17.2. The Morgan fingerprint density at radius 3 is 2.82 bits per heavy atom. The van der Waals surface area contributed by atoms with Crippen LogP contribution in [0.1, 0.15) is 41.6 Å². The van der Waals surface area contributed by atoms with Gasteiger partial charge < -0.3 is 10.0 Å². The van der Waals surface area contributed by atoms with E-state index in [0.29, 0.717) is 6.42 Å². The van der Waals surface area contributed by atoms with Gasteiger partial charge in [-0.3, -0.25) is 4.79 Å². The Labute approximate surface area is 131 Å². The van der Waals surface area contributed by atoms with Gasteiger partial charge in [-0.1, -0.05) is 42.8 Å². The number of phenols is 1. The minimum absolute atomic E-state index is 0.108. The second-order valence-corrected chi connectivity index (χ2v) is 5.89. The summed E-state index contributed by atoms with van der Waals surface area (Å²) in [6.45, 7) is 4.68. The molecule has 0 saturated heterocycles. The maximum Gasteiger partial charge on any atom is 0.223 e. The molecule has 0 bridgehead atoms. The molecular weight excluding hydrogens is 274 g/mol. The molecule has 1 amide bonds. The zero-order chi connectivity index (χ0) is 15.7. The van der Waals surface area contributed by atoms with Gasteiger partial charge in [0.2, 0.25) is 5.91 Å². The lowest BCUT2D eigenvalue weighted by Crippen LogP contribution is -2.40. The topological polar surface area (TPSA) is 40.5 Å². The molecule has 0 aliphatic carbocycles. The van der Waals surface area contributed by atoms with E-state index in [1.165, 1.54) is 11.1 Å². The Bertz CT molecular complexity index is 708. The SMILES string of the molecule is CCC(=O)N1CCc2ccc(O)cc2C1c1cccc(C)c1. The highest BCUT2D eigenvalue weighted by Crippen LogP contribution is 2.37. The van der Waals surface area contributed by atoms with Gasteiger partial charge >= 0.3 is 0 Å². The van der Waals surface area contributed by atoms with Crippen LogP contribution in [0.15, 0.2) is 42.5 Å². The minimum atomic E-state index is -0.108. The van der Waals surface area contributed by atoms with Crippen LogP contribution in [0.4, 0.5) is 0 Å². The molecule has 0 spiro atoms. The molecule has 0 aromatic heterocycles. The van der Waals surface area contributed by atoms with Crippen LogP contribution in [0, 0.1) is 6.92 Å². The van der Waals surface area contributed by atoms with Gasteiger partial charge in [-0.05, 0) is 42.2 Å². The Kier molecular flexibility index (Phi) is 3.88. The van der Waals surface area contributed by atoms with E-state index in [0.717, 1.165) is 24.1 Å². The van der Waals surface area contributed by atoms with Crippen molar-refractivity contribution in [2.45, 2.75) is 32.7 Å². The van der Waals surface area contributed by atoms with Crippen LogP contribution in [0.2, 0.25) is 0 Å². The molecule has 0 fully saturated rings. The second kappa shape index (κ2) is 5.84. The molecule has 2 aromatic rings. The molecule has 1 atom stereocenters. The van der Waals surface area contributed by atoms with E-state index >= 15 is 0 Å². The molecule has 3 nitrogen and oxygen atoms in total. The number of benzene rings is 2. The quantitative estimate of drug-likeness (QED) is 0.920. The first-order valence-electron chi connectivity index (χ1n) is 7.78. The van der Waals surface area contributed by atoms with Crippen molar-refractivity contribution < 1.29 is 9.90 Å². The first-order valence-corrected chi connectivity index (χ1v) is 7.78. The number of carbonyl (C=O) groups excluding carboxylic acids is 1. The largest absolute Gasteiger partial charge is 0.508 e. The Morgan fingerprint density at radius 1 is 1.27 bits per heavy atom. The third-order valence-corrected chi connectivity index (χ3v) is 4.34. The van der Waals surface area contributed by atoms with Gasteiger partial charge in [-0.15, -0.1) is 0 Å². The summed E-state index contributed by atoms with van der Waals surface area (Å²) in [7, 11) is 0. The van der Waals surface area contributed by atoms with Crippen molar-refractivity contribution in [2.24, 2.45) is 0 Å². The van der Waals surface area contributed by atoms with Gasteiger partial charge in [0, 0.05) is 13.0 Å². The number of phenolic OH excluding ortho intramolecular Hbond substituents is 1. The smallest absolute Gasteiger partial charge is 0.223 e. The summed E-state index contributed by atoms with van der Waals surface area (Å²) < 4.78 is 0. The highest BCUT2D eigenvalue weighted by atomic mass is 16.3. The number of fused-ring (bicyclic) bond motifs is 1. The van der Waals surface area contributed by atoms with Crippen molar-refractivity contribution in [1.29, 1.82) is 0 Å². The molecule has 3 heteroatoms. The Morgan fingerprint density at radius 2 is 2.09 bits per heavy atom. The van der Waals surface area contributed by atoms with Crippen LogP contribution in [-0.4, -0.2) is 22.5 Å². The molecule has 114 valence electrons. The van der Waals surface area contributed by atoms with Crippen molar-refractivity contribution in [3.63, 3.8) is 0 Å². The van der Waals surface area contributed by atoms with E-state index in [9.17, 15) is 9.90 Å². The highest BCUT2D eigenvalue weighted by Gasteiger charge is 2.31. The van der Waals surface area contributed by atoms with Gasteiger partial charge in [0.25, 0.3) is 0 Å². The van der Waals surface area contributed by atoms with Gasteiger partial charge in [0.15, 0.2) is 0 Å². The monoisotopic (exact) mass is 295 g/mol. The molecular formula is C19H21NO2. The average molecular weight is 295 g/mol. The lowest BCUT2D eigenvalue weighted by molar-refractivity contribution is -0.132. The van der Waals surface area contributed by atoms with Crippen LogP contribution >= 0.6 is 0 Å². The van der Waals surface area contributed by atoms with E-state index in [4.69, 9.17) is 0 Å². The van der Waals surface area contributed by atoms with Crippen molar-refractivity contribution in [3.8, 4) is 5.75 Å². The van der Waals surface area contributed by atoms with Crippen LogP contribution in [0.3, 0.4) is 0 Å². The van der Waals surface area contributed by atoms with E-state index in [2.05, 4.69) is 25.1 Å². The highest BCUT2D eigenvalue weighted by molar-refractivity contribution is 5.77. The van der Waals surface area contributed by atoms with E-state index in [1.54, 1.807) is 12.1 Å². The fraction of sp³-hybridized carbons (Fsp3) is 0.316. The number of rotatable bonds is 2. The first kappa shape index (κ1) is 14.6. The fourth-order valence-corrected chi connectivity index (χ4v) is 3.27. The number of carbonyl (C=O) groups is 1. The molecule has 1 aliphatic rings. The van der Waals surface area contributed by atoms with Crippen molar-refractivity contribution in [2.75, 3.05) is 6.54 Å². The van der Waals surface area contributed by atoms with Crippen LogP contribution < -0.4 is 0 Å². The molecule has 0 saturated carbocycles. The van der Waals surface area contributed by atoms with Gasteiger partial charge in [0.05, 0.1) is 6.04 Å². The Hall–Kier alpha value is -2.29. The molecule has 22 heavy (non-hydrogen) atoms.